The molecule has 0 amide bonds. The average Bonchev–Trinajstić information content (AvgIpc) is 3.70. The molecule has 1 heterocycles. The fourth-order valence-electron chi connectivity index (χ4n) is 9.41. The Bertz CT molecular complexity index is 3590. The van der Waals surface area contributed by atoms with E-state index in [1.165, 1.54) is 96.6 Å². The lowest BCUT2D eigenvalue weighted by molar-refractivity contribution is 1.28. The Hall–Kier alpha value is -7.52. The van der Waals surface area contributed by atoms with Crippen LogP contribution in [0.15, 0.2) is 224 Å². The third kappa shape index (κ3) is 5.68. The van der Waals surface area contributed by atoms with E-state index in [9.17, 15) is 0 Å². The molecule has 12 aromatic rings. The molecule has 0 radical (unpaired) electrons. The van der Waals surface area contributed by atoms with Crippen LogP contribution in [0.1, 0.15) is 0 Å². The Kier molecular flexibility index (Phi) is 8.11. The van der Waals surface area contributed by atoms with Crippen LogP contribution in [0.2, 0.25) is 0 Å². The summed E-state index contributed by atoms with van der Waals surface area (Å²) in [5.74, 6) is 0. The van der Waals surface area contributed by atoms with Crippen LogP contribution in [0.4, 0.5) is 17.1 Å². The Morgan fingerprint density at radius 3 is 1.72 bits per heavy atom. The summed E-state index contributed by atoms with van der Waals surface area (Å²) in [5.41, 5.74) is 10.5. The van der Waals surface area contributed by atoms with Crippen LogP contribution in [-0.4, -0.2) is 0 Å². The van der Waals surface area contributed by atoms with Crippen LogP contribution in [-0.2, 0) is 0 Å². The topological polar surface area (TPSA) is 3.24 Å². The number of fused-ring (bicyclic) bond motifs is 10. The van der Waals surface area contributed by atoms with Crippen molar-refractivity contribution in [1.82, 2.24) is 0 Å². The van der Waals surface area contributed by atoms with Crippen molar-refractivity contribution in [3.63, 3.8) is 0 Å². The Balaban J connectivity index is 0.968. The second-order valence-electron chi connectivity index (χ2n) is 15.6. The van der Waals surface area contributed by atoms with E-state index in [-0.39, 0.29) is 0 Å². The molecule has 0 aliphatic heterocycles. The second kappa shape index (κ2) is 14.1. The van der Waals surface area contributed by atoms with Gasteiger partial charge in [0.2, 0.25) is 0 Å². The van der Waals surface area contributed by atoms with Crippen molar-refractivity contribution in [2.24, 2.45) is 0 Å². The minimum Gasteiger partial charge on any atom is -0.310 e. The highest BCUT2D eigenvalue weighted by Gasteiger charge is 2.19. The third-order valence-corrected chi connectivity index (χ3v) is 13.4. The highest BCUT2D eigenvalue weighted by molar-refractivity contribution is 7.25. The smallest absolute Gasteiger partial charge is 0.0540 e. The van der Waals surface area contributed by atoms with Gasteiger partial charge in [0.15, 0.2) is 0 Å². The molecule has 0 saturated carbocycles. The summed E-state index contributed by atoms with van der Waals surface area (Å²) in [6, 6.07) is 82.5. The SMILES string of the molecule is c1ccc(N(c2ccc(-c3ccc4sc5ccccc5c4c3)cc2)c2ccccc2-c2cccc(-c3cccc4c3ccc3ccc5ccc6ccccc6c5c34)c2)cc1. The molecule has 0 saturated heterocycles. The molecule has 0 fully saturated rings. The van der Waals surface area contributed by atoms with Crippen LogP contribution in [0, 0.1) is 0 Å². The van der Waals surface area contributed by atoms with Gasteiger partial charge in [-0.1, -0.05) is 170 Å². The van der Waals surface area contributed by atoms with Crippen molar-refractivity contribution in [2.75, 3.05) is 4.90 Å². The summed E-state index contributed by atoms with van der Waals surface area (Å²) in [7, 11) is 0. The van der Waals surface area contributed by atoms with Crippen molar-refractivity contribution >= 4 is 91.7 Å². The molecule has 0 unspecified atom stereocenters. The van der Waals surface area contributed by atoms with Gasteiger partial charge in [0.05, 0.1) is 5.69 Å². The van der Waals surface area contributed by atoms with E-state index < -0.39 is 0 Å². The van der Waals surface area contributed by atoms with Gasteiger partial charge in [-0.25, -0.2) is 0 Å². The van der Waals surface area contributed by atoms with Crippen molar-refractivity contribution in [2.45, 2.75) is 0 Å². The first kappa shape index (κ1) is 34.5. The summed E-state index contributed by atoms with van der Waals surface area (Å²) in [4.78, 5) is 2.39. The molecular formula is C58H37NS. The zero-order valence-electron chi connectivity index (χ0n) is 32.7. The third-order valence-electron chi connectivity index (χ3n) is 12.2. The largest absolute Gasteiger partial charge is 0.310 e. The number of benzene rings is 11. The fraction of sp³-hybridized carbons (Fsp3) is 0. The summed E-state index contributed by atoms with van der Waals surface area (Å²) in [6.45, 7) is 0. The van der Waals surface area contributed by atoms with Crippen LogP contribution in [0.25, 0.3) is 96.6 Å². The normalized spacial score (nSPS) is 11.7. The quantitative estimate of drug-likeness (QED) is 0.152. The van der Waals surface area contributed by atoms with Gasteiger partial charge in [-0.15, -0.1) is 11.3 Å². The molecule has 0 atom stereocenters. The average molecular weight is 780 g/mol. The molecule has 0 spiro atoms. The Morgan fingerprint density at radius 1 is 0.283 bits per heavy atom. The zero-order valence-corrected chi connectivity index (χ0v) is 33.5. The van der Waals surface area contributed by atoms with Gasteiger partial charge in [0.25, 0.3) is 0 Å². The lowest BCUT2D eigenvalue weighted by Crippen LogP contribution is -2.11. The molecule has 0 aliphatic rings. The summed E-state index contributed by atoms with van der Waals surface area (Å²) >= 11 is 1.86. The van der Waals surface area contributed by atoms with Gasteiger partial charge in [-0.3, -0.25) is 0 Å². The molecular weight excluding hydrogens is 743 g/mol. The predicted molar refractivity (Wildman–Crippen MR) is 260 cm³/mol. The first-order valence-electron chi connectivity index (χ1n) is 20.6. The minimum atomic E-state index is 1.11. The maximum atomic E-state index is 2.39. The number of hydrogen-bond acceptors (Lipinski definition) is 2. The van der Waals surface area contributed by atoms with Crippen LogP contribution >= 0.6 is 11.3 Å². The molecule has 11 aromatic carbocycles. The number of nitrogens with zero attached hydrogens (tertiary/aromatic N) is 1. The zero-order chi connectivity index (χ0) is 39.6. The molecule has 1 aromatic heterocycles. The van der Waals surface area contributed by atoms with E-state index in [4.69, 9.17) is 0 Å². The van der Waals surface area contributed by atoms with Crippen molar-refractivity contribution in [3.05, 3.63) is 224 Å². The van der Waals surface area contributed by atoms with E-state index in [0.717, 1.165) is 17.1 Å². The van der Waals surface area contributed by atoms with Gasteiger partial charge in [-0.2, -0.15) is 0 Å². The first-order valence-corrected chi connectivity index (χ1v) is 21.4. The van der Waals surface area contributed by atoms with E-state index in [2.05, 4.69) is 229 Å². The number of para-hydroxylation sites is 2. The van der Waals surface area contributed by atoms with E-state index in [0.29, 0.717) is 0 Å². The van der Waals surface area contributed by atoms with Gasteiger partial charge < -0.3 is 4.90 Å². The van der Waals surface area contributed by atoms with Crippen LogP contribution < -0.4 is 4.90 Å². The standard InChI is InChI=1S/C58H37NS/c1-2-15-45(16-3-1)59(46-32-28-38(29-33-46)42-31-35-56-53(37-42)51-19-7-9-23-55(51)60-56)54-22-8-6-17-48(54)44-14-10-13-43(36-44)47-20-11-21-52-50(47)34-30-41-27-26-40-25-24-39-12-4-5-18-49(39)57(40)58(41)52/h1-37H. The molecule has 0 N–H and O–H groups in total. The first-order chi connectivity index (χ1) is 29.7. The molecule has 280 valence electrons. The van der Waals surface area contributed by atoms with Crippen molar-refractivity contribution in [3.8, 4) is 33.4 Å². The molecule has 1 nitrogen and oxygen atoms in total. The predicted octanol–water partition coefficient (Wildman–Crippen LogP) is 17.1. The van der Waals surface area contributed by atoms with Crippen molar-refractivity contribution < 1.29 is 0 Å². The monoisotopic (exact) mass is 779 g/mol. The van der Waals surface area contributed by atoms with Crippen LogP contribution in [0.3, 0.4) is 0 Å². The Labute approximate surface area is 352 Å². The Morgan fingerprint density at radius 2 is 0.867 bits per heavy atom. The van der Waals surface area contributed by atoms with Gasteiger partial charge in [0.1, 0.15) is 0 Å². The van der Waals surface area contributed by atoms with Gasteiger partial charge in [-0.05, 0) is 126 Å². The van der Waals surface area contributed by atoms with Crippen molar-refractivity contribution in [1.29, 1.82) is 0 Å². The van der Waals surface area contributed by atoms with Crippen LogP contribution in [0.5, 0.6) is 0 Å². The van der Waals surface area contributed by atoms with Gasteiger partial charge >= 0.3 is 0 Å². The minimum absolute atomic E-state index is 1.11. The second-order valence-corrected chi connectivity index (χ2v) is 16.7. The summed E-state index contributed by atoms with van der Waals surface area (Å²) in [6.07, 6.45) is 0. The summed E-state index contributed by atoms with van der Waals surface area (Å²) < 4.78 is 2.65. The lowest BCUT2D eigenvalue weighted by atomic mass is 9.89. The maximum absolute atomic E-state index is 2.39. The number of thiophene rings is 1. The lowest BCUT2D eigenvalue weighted by Gasteiger charge is -2.28. The summed E-state index contributed by atoms with van der Waals surface area (Å²) in [5, 5.41) is 12.9. The molecule has 0 bridgehead atoms. The number of hydrogen-bond donors (Lipinski definition) is 0. The van der Waals surface area contributed by atoms with Gasteiger partial charge in [0, 0.05) is 37.1 Å². The molecule has 0 aliphatic carbocycles. The maximum Gasteiger partial charge on any atom is 0.0540 e. The van der Waals surface area contributed by atoms with E-state index in [1.54, 1.807) is 0 Å². The fourth-order valence-corrected chi connectivity index (χ4v) is 10.5. The van der Waals surface area contributed by atoms with E-state index >= 15 is 0 Å². The highest BCUT2D eigenvalue weighted by atomic mass is 32.1. The van der Waals surface area contributed by atoms with E-state index in [1.807, 2.05) is 11.3 Å². The molecule has 12 rings (SSSR count). The highest BCUT2D eigenvalue weighted by Crippen LogP contribution is 2.44. The number of anilines is 3. The molecule has 60 heavy (non-hydrogen) atoms. The molecule has 2 heteroatoms. The number of rotatable bonds is 6.